The highest BCUT2D eigenvalue weighted by Crippen LogP contribution is 2.25. The molecule has 4 heterocycles. The van der Waals surface area contributed by atoms with Crippen LogP contribution in [-0.2, 0) is 0 Å². The molecule has 6 rings (SSSR count). The maximum absolute atomic E-state index is 13.6. The molecule has 0 saturated heterocycles. The normalized spacial score (nSPS) is 10.2. The van der Waals surface area contributed by atoms with Gasteiger partial charge in [-0.15, -0.1) is 0 Å². The highest BCUT2D eigenvalue weighted by Gasteiger charge is 2.16. The summed E-state index contributed by atoms with van der Waals surface area (Å²) in [6, 6.07) is 16.5. The van der Waals surface area contributed by atoms with Crippen molar-refractivity contribution in [2.24, 2.45) is 0 Å². The molecule has 0 aliphatic heterocycles. The minimum absolute atomic E-state index is 0.0408. The molecule has 202 valence electrons. The van der Waals surface area contributed by atoms with E-state index in [1.54, 1.807) is 48.8 Å². The van der Waals surface area contributed by atoms with E-state index < -0.39 is 23.3 Å². The van der Waals surface area contributed by atoms with Crippen molar-refractivity contribution < 1.29 is 26.6 Å². The number of nitrogens with zero attached hydrogens (tertiary/aromatic N) is 6. The summed E-state index contributed by atoms with van der Waals surface area (Å²) in [6.07, 6.45) is 3.17. The van der Waals surface area contributed by atoms with Crippen LogP contribution in [0.15, 0.2) is 94.2 Å². The summed E-state index contributed by atoms with van der Waals surface area (Å²) in [6.45, 7) is 4.00. The molecular weight excluding hydrogens is 528 g/mol. The van der Waals surface area contributed by atoms with Crippen molar-refractivity contribution in [1.82, 2.24) is 30.2 Å². The van der Waals surface area contributed by atoms with Gasteiger partial charge in [-0.1, -0.05) is 36.3 Å². The number of hydrogen-bond acceptors (Lipinski definition) is 8. The van der Waals surface area contributed by atoms with Crippen molar-refractivity contribution in [3.8, 4) is 45.9 Å². The molecule has 0 amide bonds. The molecule has 0 aliphatic rings. The van der Waals surface area contributed by atoms with Gasteiger partial charge in [0.25, 0.3) is 11.8 Å². The predicted molar refractivity (Wildman–Crippen MR) is 137 cm³/mol. The first-order chi connectivity index (χ1) is 19.5. The fourth-order valence-corrected chi connectivity index (χ4v) is 3.21. The maximum atomic E-state index is 13.6. The maximum Gasteiger partial charge on any atom is 0.261 e. The summed E-state index contributed by atoms with van der Waals surface area (Å²) < 4.78 is 62.8. The second-order valence-electron chi connectivity index (χ2n) is 7.56. The lowest BCUT2D eigenvalue weighted by Gasteiger charge is -1.96. The van der Waals surface area contributed by atoms with Crippen LogP contribution in [0, 0.1) is 23.3 Å². The van der Waals surface area contributed by atoms with E-state index >= 15 is 0 Å². The molecule has 0 aliphatic carbocycles. The van der Waals surface area contributed by atoms with E-state index in [1.165, 1.54) is 0 Å². The minimum atomic E-state index is -0.701. The number of halogens is 4. The molecule has 0 unspecified atom stereocenters. The van der Waals surface area contributed by atoms with E-state index in [2.05, 4.69) is 30.2 Å². The summed E-state index contributed by atoms with van der Waals surface area (Å²) in [5, 5.41) is 7.42. The van der Waals surface area contributed by atoms with E-state index in [0.29, 0.717) is 11.4 Å². The van der Waals surface area contributed by atoms with Crippen LogP contribution in [0.4, 0.5) is 17.6 Å². The van der Waals surface area contributed by atoms with Gasteiger partial charge in [-0.25, -0.2) is 17.6 Å². The Labute approximate surface area is 225 Å². The van der Waals surface area contributed by atoms with Gasteiger partial charge in [-0.2, -0.15) is 9.97 Å². The Morgan fingerprint density at radius 2 is 1.12 bits per heavy atom. The van der Waals surface area contributed by atoms with Crippen molar-refractivity contribution in [3.05, 3.63) is 108 Å². The molecule has 0 bridgehead atoms. The Balaban J connectivity index is 0.000000174. The Morgan fingerprint density at radius 1 is 0.575 bits per heavy atom. The third-order valence-electron chi connectivity index (χ3n) is 4.91. The first kappa shape index (κ1) is 27.8. The monoisotopic (exact) mass is 548 g/mol. The average molecular weight is 549 g/mol. The second kappa shape index (κ2) is 13.0. The van der Waals surface area contributed by atoms with Gasteiger partial charge in [0.15, 0.2) is 0 Å². The first-order valence-corrected chi connectivity index (χ1v) is 11.9. The Morgan fingerprint density at radius 3 is 1.68 bits per heavy atom. The van der Waals surface area contributed by atoms with Gasteiger partial charge in [0.1, 0.15) is 34.7 Å². The smallest absolute Gasteiger partial charge is 0.261 e. The first-order valence-electron chi connectivity index (χ1n) is 11.9. The summed E-state index contributed by atoms with van der Waals surface area (Å²) in [7, 11) is 0. The van der Waals surface area contributed by atoms with Gasteiger partial charge < -0.3 is 9.05 Å². The van der Waals surface area contributed by atoms with Crippen LogP contribution in [0.3, 0.4) is 0 Å². The molecule has 0 N–H and O–H groups in total. The van der Waals surface area contributed by atoms with E-state index in [0.717, 1.165) is 36.4 Å². The predicted octanol–water partition coefficient (Wildman–Crippen LogP) is 7.18. The van der Waals surface area contributed by atoms with Gasteiger partial charge in [0, 0.05) is 24.0 Å². The lowest BCUT2D eigenvalue weighted by atomic mass is 10.2. The van der Waals surface area contributed by atoms with Crippen LogP contribution < -0.4 is 0 Å². The fraction of sp³-hybridized carbons (Fsp3) is 0.0714. The Kier molecular flexibility index (Phi) is 9.03. The van der Waals surface area contributed by atoms with E-state index in [4.69, 9.17) is 9.05 Å². The number of rotatable bonds is 4. The van der Waals surface area contributed by atoms with Gasteiger partial charge in [0.05, 0.1) is 5.56 Å². The molecule has 6 aromatic rings. The third-order valence-corrected chi connectivity index (χ3v) is 4.91. The highest BCUT2D eigenvalue weighted by molar-refractivity contribution is 5.58. The van der Waals surface area contributed by atoms with Crippen molar-refractivity contribution in [2.45, 2.75) is 13.8 Å². The van der Waals surface area contributed by atoms with Crippen molar-refractivity contribution >= 4 is 0 Å². The van der Waals surface area contributed by atoms with Gasteiger partial charge >= 0.3 is 0 Å². The molecule has 2 aromatic carbocycles. The van der Waals surface area contributed by atoms with Crippen LogP contribution in [0.1, 0.15) is 13.8 Å². The molecule has 0 saturated carbocycles. The SMILES string of the molecule is CC.Fc1cc(F)cc(-c2nc(-c3ccccn3)no2)c1.Fc1ccc(F)c(-c2nc(-c3ccccn3)no2)c1. The number of aromatic nitrogens is 6. The molecule has 12 heteroatoms. The van der Waals surface area contributed by atoms with E-state index in [-0.39, 0.29) is 34.6 Å². The summed E-state index contributed by atoms with van der Waals surface area (Å²) in [5.41, 5.74) is 1.13. The van der Waals surface area contributed by atoms with Gasteiger partial charge in [0.2, 0.25) is 11.6 Å². The lowest BCUT2D eigenvalue weighted by Crippen LogP contribution is -1.87. The molecule has 8 nitrogen and oxygen atoms in total. The van der Waals surface area contributed by atoms with Crippen LogP contribution in [0.2, 0.25) is 0 Å². The zero-order valence-electron chi connectivity index (χ0n) is 21.1. The zero-order valence-corrected chi connectivity index (χ0v) is 21.1. The minimum Gasteiger partial charge on any atom is -0.334 e. The van der Waals surface area contributed by atoms with E-state index in [9.17, 15) is 17.6 Å². The largest absolute Gasteiger partial charge is 0.334 e. The highest BCUT2D eigenvalue weighted by atomic mass is 19.1. The standard InChI is InChI=1S/2C13H7F2N3O.C2H6/c14-8-4-5-10(15)9(7-8)13-17-12(18-19-13)11-3-1-2-6-16-11;14-9-5-8(6-10(15)7-9)13-17-12(18-19-13)11-3-1-2-4-16-11;1-2/h2*1-7H;1-2H3. The number of benzene rings is 2. The van der Waals surface area contributed by atoms with Crippen molar-refractivity contribution in [1.29, 1.82) is 0 Å². The van der Waals surface area contributed by atoms with Crippen LogP contribution in [0.5, 0.6) is 0 Å². The molecule has 4 aromatic heterocycles. The number of pyridine rings is 2. The van der Waals surface area contributed by atoms with Crippen LogP contribution >= 0.6 is 0 Å². The van der Waals surface area contributed by atoms with Gasteiger partial charge in [-0.05, 0) is 54.6 Å². The zero-order chi connectivity index (χ0) is 28.5. The van der Waals surface area contributed by atoms with Crippen molar-refractivity contribution in [2.75, 3.05) is 0 Å². The fourth-order valence-electron chi connectivity index (χ4n) is 3.21. The second-order valence-corrected chi connectivity index (χ2v) is 7.56. The quantitative estimate of drug-likeness (QED) is 0.213. The van der Waals surface area contributed by atoms with Gasteiger partial charge in [-0.3, -0.25) is 9.97 Å². The van der Waals surface area contributed by atoms with E-state index in [1.807, 2.05) is 13.8 Å². The summed E-state index contributed by atoms with van der Waals surface area (Å²) in [5.74, 6) is -2.16. The van der Waals surface area contributed by atoms with Crippen LogP contribution in [-0.4, -0.2) is 30.2 Å². The number of hydrogen-bond donors (Lipinski definition) is 0. The Bertz CT molecular complexity index is 1660. The lowest BCUT2D eigenvalue weighted by molar-refractivity contribution is 0.429. The topological polar surface area (TPSA) is 104 Å². The summed E-state index contributed by atoms with van der Waals surface area (Å²) in [4.78, 5) is 16.2. The van der Waals surface area contributed by atoms with Crippen molar-refractivity contribution in [3.63, 3.8) is 0 Å². The van der Waals surface area contributed by atoms with Crippen LogP contribution in [0.25, 0.3) is 45.9 Å². The summed E-state index contributed by atoms with van der Waals surface area (Å²) >= 11 is 0. The average Bonchev–Trinajstić information content (AvgIpc) is 3.67. The molecule has 0 spiro atoms. The molecule has 0 radical (unpaired) electrons. The molecule has 0 atom stereocenters. The molecule has 0 fully saturated rings. The Hall–Kier alpha value is -5.26. The molecular formula is C28H20F4N6O2. The molecule has 40 heavy (non-hydrogen) atoms. The third kappa shape index (κ3) is 6.78.